The van der Waals surface area contributed by atoms with E-state index in [1.54, 1.807) is 0 Å². The van der Waals surface area contributed by atoms with E-state index in [4.69, 9.17) is 5.73 Å². The number of hydrogen-bond acceptors (Lipinski definition) is 2. The van der Waals surface area contributed by atoms with E-state index < -0.39 is 0 Å². The molecule has 0 bridgehead atoms. The van der Waals surface area contributed by atoms with Crippen LogP contribution in [0.5, 0.6) is 0 Å². The molecule has 1 aliphatic carbocycles. The summed E-state index contributed by atoms with van der Waals surface area (Å²) in [7, 11) is 2.00. The van der Waals surface area contributed by atoms with E-state index in [9.17, 15) is 0 Å². The van der Waals surface area contributed by atoms with Gasteiger partial charge in [0, 0.05) is 12.6 Å². The summed E-state index contributed by atoms with van der Waals surface area (Å²) < 4.78 is 3.13. The Labute approximate surface area is 99.2 Å². The van der Waals surface area contributed by atoms with Gasteiger partial charge in [-0.25, -0.2) is 0 Å². The van der Waals surface area contributed by atoms with Crippen LogP contribution in [0.15, 0.2) is 4.47 Å². The van der Waals surface area contributed by atoms with Crippen molar-refractivity contribution in [1.82, 2.24) is 9.78 Å². The highest BCUT2D eigenvalue weighted by atomic mass is 79.9. The lowest BCUT2D eigenvalue weighted by molar-refractivity contribution is 0.561. The van der Waals surface area contributed by atoms with Crippen LogP contribution < -0.4 is 5.73 Å². The van der Waals surface area contributed by atoms with Crippen molar-refractivity contribution in [3.05, 3.63) is 15.9 Å². The van der Waals surface area contributed by atoms with E-state index in [0.717, 1.165) is 29.4 Å². The zero-order chi connectivity index (χ0) is 11.1. The average molecular weight is 272 g/mol. The molecule has 1 fully saturated rings. The molecule has 0 saturated heterocycles. The van der Waals surface area contributed by atoms with Crippen molar-refractivity contribution in [3.8, 4) is 0 Å². The lowest BCUT2D eigenvalue weighted by Gasteiger charge is -2.08. The molecule has 0 aromatic carbocycles. The highest BCUT2D eigenvalue weighted by Gasteiger charge is 2.37. The van der Waals surface area contributed by atoms with Crippen molar-refractivity contribution < 1.29 is 0 Å². The van der Waals surface area contributed by atoms with Gasteiger partial charge in [0.05, 0.1) is 15.9 Å². The van der Waals surface area contributed by atoms with E-state index in [1.165, 1.54) is 18.5 Å². The Morgan fingerprint density at radius 2 is 2.20 bits per heavy atom. The molecule has 1 aliphatic rings. The van der Waals surface area contributed by atoms with Crippen molar-refractivity contribution in [2.45, 2.75) is 44.6 Å². The molecule has 3 nitrogen and oxygen atoms in total. The molecular weight excluding hydrogens is 254 g/mol. The first-order valence-corrected chi connectivity index (χ1v) is 6.28. The third-order valence-electron chi connectivity index (χ3n) is 3.24. The lowest BCUT2D eigenvalue weighted by Crippen LogP contribution is -2.21. The number of nitrogens with two attached hydrogens (primary N) is 1. The summed E-state index contributed by atoms with van der Waals surface area (Å²) in [6, 6.07) is 0. The Morgan fingerprint density at radius 1 is 1.53 bits per heavy atom. The van der Waals surface area contributed by atoms with Crippen molar-refractivity contribution in [1.29, 1.82) is 0 Å². The van der Waals surface area contributed by atoms with Gasteiger partial charge in [-0.15, -0.1) is 0 Å². The van der Waals surface area contributed by atoms with Gasteiger partial charge in [-0.1, -0.05) is 0 Å². The Kier molecular flexibility index (Phi) is 2.90. The minimum Gasteiger partial charge on any atom is -0.325 e. The third kappa shape index (κ3) is 2.42. The maximum absolute atomic E-state index is 6.06. The molecule has 1 aromatic rings. The fourth-order valence-corrected chi connectivity index (χ4v) is 2.50. The first kappa shape index (κ1) is 11.1. The van der Waals surface area contributed by atoms with Crippen LogP contribution in [0.25, 0.3) is 0 Å². The molecule has 0 radical (unpaired) electrons. The van der Waals surface area contributed by atoms with E-state index in [1.807, 2.05) is 18.7 Å². The summed E-state index contributed by atoms with van der Waals surface area (Å²) in [4.78, 5) is 0. The standard InChI is InChI=1S/C11H18BrN3/c1-8-10(12)9(15(2)14-8)4-3-5-11(13)6-7-11/h3-7,13H2,1-2H3. The Balaban J connectivity index is 1.92. The second-order valence-electron chi connectivity index (χ2n) is 4.69. The molecule has 4 heteroatoms. The molecular formula is C11H18BrN3. The van der Waals surface area contributed by atoms with Crippen LogP contribution in [0.1, 0.15) is 37.1 Å². The molecule has 2 N–H and O–H groups in total. The van der Waals surface area contributed by atoms with Gasteiger partial charge in [-0.05, 0) is 55.0 Å². The van der Waals surface area contributed by atoms with Gasteiger partial charge in [0.2, 0.25) is 0 Å². The van der Waals surface area contributed by atoms with Crippen LogP contribution >= 0.6 is 15.9 Å². The third-order valence-corrected chi connectivity index (χ3v) is 4.27. The summed E-state index contributed by atoms with van der Waals surface area (Å²) in [5.74, 6) is 0. The van der Waals surface area contributed by atoms with Crippen molar-refractivity contribution >= 4 is 15.9 Å². The van der Waals surface area contributed by atoms with Crippen molar-refractivity contribution in [3.63, 3.8) is 0 Å². The molecule has 2 rings (SSSR count). The first-order chi connectivity index (χ1) is 7.02. The fraction of sp³-hybridized carbons (Fsp3) is 0.727. The summed E-state index contributed by atoms with van der Waals surface area (Å²) >= 11 is 3.58. The summed E-state index contributed by atoms with van der Waals surface area (Å²) in [6.45, 7) is 2.03. The highest BCUT2D eigenvalue weighted by Crippen LogP contribution is 2.37. The monoisotopic (exact) mass is 271 g/mol. The SMILES string of the molecule is Cc1nn(C)c(CCCC2(N)CC2)c1Br. The molecule has 0 spiro atoms. The number of rotatable bonds is 4. The van der Waals surface area contributed by atoms with Gasteiger partial charge in [0.1, 0.15) is 0 Å². The molecule has 0 amide bonds. The highest BCUT2D eigenvalue weighted by molar-refractivity contribution is 9.10. The Bertz CT molecular complexity index is 366. The maximum atomic E-state index is 6.06. The fourth-order valence-electron chi connectivity index (χ4n) is 1.97. The Hall–Kier alpha value is -0.350. The molecule has 1 aromatic heterocycles. The van der Waals surface area contributed by atoms with Crippen molar-refractivity contribution in [2.75, 3.05) is 0 Å². The summed E-state index contributed by atoms with van der Waals surface area (Å²) in [5.41, 5.74) is 8.60. The normalized spacial score (nSPS) is 18.1. The van der Waals surface area contributed by atoms with Crippen molar-refractivity contribution in [2.24, 2.45) is 12.8 Å². The minimum absolute atomic E-state index is 0.181. The van der Waals surface area contributed by atoms with E-state index in [0.29, 0.717) is 0 Å². The zero-order valence-corrected chi connectivity index (χ0v) is 11.0. The molecule has 0 aliphatic heterocycles. The van der Waals surface area contributed by atoms with Gasteiger partial charge in [-0.2, -0.15) is 5.10 Å². The van der Waals surface area contributed by atoms with Gasteiger partial charge >= 0.3 is 0 Å². The van der Waals surface area contributed by atoms with Crippen LogP contribution in [-0.4, -0.2) is 15.3 Å². The van der Waals surface area contributed by atoms with Gasteiger partial charge in [0.25, 0.3) is 0 Å². The van der Waals surface area contributed by atoms with Crippen LogP contribution in [-0.2, 0) is 13.5 Å². The van der Waals surface area contributed by atoms with Gasteiger partial charge in [-0.3, -0.25) is 4.68 Å². The van der Waals surface area contributed by atoms with Gasteiger partial charge < -0.3 is 5.73 Å². The quantitative estimate of drug-likeness (QED) is 0.914. The van der Waals surface area contributed by atoms with Gasteiger partial charge in [0.15, 0.2) is 0 Å². The molecule has 0 atom stereocenters. The minimum atomic E-state index is 0.181. The van der Waals surface area contributed by atoms with Crippen LogP contribution in [0.3, 0.4) is 0 Å². The second-order valence-corrected chi connectivity index (χ2v) is 5.48. The number of halogens is 1. The van der Waals surface area contributed by atoms with E-state index in [2.05, 4.69) is 21.0 Å². The number of hydrogen-bond donors (Lipinski definition) is 1. The van der Waals surface area contributed by atoms with E-state index in [-0.39, 0.29) is 5.54 Å². The first-order valence-electron chi connectivity index (χ1n) is 5.49. The zero-order valence-electron chi connectivity index (χ0n) is 9.39. The number of aromatic nitrogens is 2. The molecule has 1 heterocycles. The van der Waals surface area contributed by atoms with Crippen LogP contribution in [0.4, 0.5) is 0 Å². The Morgan fingerprint density at radius 3 is 2.67 bits per heavy atom. The summed E-state index contributed by atoms with van der Waals surface area (Å²) in [6.07, 6.45) is 5.78. The smallest absolute Gasteiger partial charge is 0.0738 e. The van der Waals surface area contributed by atoms with E-state index >= 15 is 0 Å². The molecule has 1 saturated carbocycles. The predicted octanol–water partition coefficient (Wildman–Crippen LogP) is 2.31. The summed E-state index contributed by atoms with van der Waals surface area (Å²) in [5, 5.41) is 4.38. The molecule has 15 heavy (non-hydrogen) atoms. The largest absolute Gasteiger partial charge is 0.325 e. The predicted molar refractivity (Wildman–Crippen MR) is 64.7 cm³/mol. The molecule has 84 valence electrons. The molecule has 0 unspecified atom stereocenters. The second kappa shape index (κ2) is 3.91. The van der Waals surface area contributed by atoms with Crippen LogP contribution in [0, 0.1) is 6.92 Å². The van der Waals surface area contributed by atoms with Crippen LogP contribution in [0.2, 0.25) is 0 Å². The number of nitrogens with zero attached hydrogens (tertiary/aromatic N) is 2. The maximum Gasteiger partial charge on any atom is 0.0738 e. The lowest BCUT2D eigenvalue weighted by atomic mass is 10.1. The topological polar surface area (TPSA) is 43.8 Å². The average Bonchev–Trinajstić information content (AvgIpc) is 2.84. The number of aryl methyl sites for hydroxylation is 2.